The van der Waals surface area contributed by atoms with Gasteiger partial charge in [0.2, 0.25) is 0 Å². The molecule has 0 spiro atoms. The topological polar surface area (TPSA) is 94.2 Å². The fourth-order valence-electron chi connectivity index (χ4n) is 3.58. The van der Waals surface area contributed by atoms with Crippen molar-refractivity contribution in [2.24, 2.45) is 23.5 Å². The van der Waals surface area contributed by atoms with Crippen molar-refractivity contribution in [2.45, 2.75) is 64.6 Å². The first kappa shape index (κ1) is 20.8. The molecule has 4 N–H and O–H groups in total. The largest absolute Gasteiger partial charge is 0.387 e. The number of ether oxygens (including phenoxy) is 3. The van der Waals surface area contributed by atoms with Gasteiger partial charge in [-0.15, -0.1) is 0 Å². The Morgan fingerprint density at radius 1 is 1.35 bits per heavy atom. The van der Waals surface area contributed by atoms with Gasteiger partial charge in [0, 0.05) is 18.9 Å². The molecule has 1 saturated heterocycles. The fraction of sp³-hybridized carbons (Fsp3) is 1.00. The van der Waals surface area contributed by atoms with Crippen LogP contribution in [0.3, 0.4) is 0 Å². The van der Waals surface area contributed by atoms with Crippen LogP contribution in [0.2, 0.25) is 0 Å². The van der Waals surface area contributed by atoms with Gasteiger partial charge in [0.25, 0.3) is 0 Å². The van der Waals surface area contributed by atoms with E-state index in [1.165, 1.54) is 0 Å². The van der Waals surface area contributed by atoms with Crippen LogP contribution in [0.1, 0.15) is 40.5 Å². The molecule has 0 aliphatic carbocycles. The van der Waals surface area contributed by atoms with Gasteiger partial charge in [0.05, 0.1) is 24.9 Å². The number of nitrogens with two attached hydrogens (primary N) is 1. The molecule has 6 heteroatoms. The van der Waals surface area contributed by atoms with Crippen molar-refractivity contribution in [2.75, 3.05) is 26.9 Å². The summed E-state index contributed by atoms with van der Waals surface area (Å²) >= 11 is 0. The van der Waals surface area contributed by atoms with Crippen molar-refractivity contribution in [3.63, 3.8) is 0 Å². The van der Waals surface area contributed by atoms with Gasteiger partial charge in [-0.2, -0.15) is 0 Å². The lowest BCUT2D eigenvalue weighted by Gasteiger charge is -2.45. The van der Waals surface area contributed by atoms with Crippen LogP contribution in [0.5, 0.6) is 0 Å². The van der Waals surface area contributed by atoms with E-state index >= 15 is 0 Å². The molecule has 0 amide bonds. The van der Waals surface area contributed by atoms with Gasteiger partial charge in [0.15, 0.2) is 6.29 Å². The molecule has 0 aromatic carbocycles. The summed E-state index contributed by atoms with van der Waals surface area (Å²) < 4.78 is 17.0. The van der Waals surface area contributed by atoms with Crippen LogP contribution >= 0.6 is 0 Å². The van der Waals surface area contributed by atoms with Crippen LogP contribution < -0.4 is 5.73 Å². The maximum atomic E-state index is 10.6. The normalized spacial score (nSPS) is 35.7. The van der Waals surface area contributed by atoms with Gasteiger partial charge in [-0.3, -0.25) is 0 Å². The summed E-state index contributed by atoms with van der Waals surface area (Å²) in [7, 11) is 1.66. The maximum absolute atomic E-state index is 10.6. The molecular weight excluding hydrogens is 298 g/mol. The second-order valence-electron chi connectivity index (χ2n) is 7.13. The molecule has 1 aliphatic heterocycles. The number of rotatable bonds is 9. The monoisotopic (exact) mass is 333 g/mol. The Labute approximate surface area is 140 Å². The second kappa shape index (κ2) is 9.30. The zero-order chi connectivity index (χ0) is 17.6. The minimum absolute atomic E-state index is 0.126. The van der Waals surface area contributed by atoms with E-state index in [1.54, 1.807) is 14.0 Å². The molecule has 0 bridgehead atoms. The first-order valence-corrected chi connectivity index (χ1v) is 8.64. The average Bonchev–Trinajstić information content (AvgIpc) is 2.47. The summed E-state index contributed by atoms with van der Waals surface area (Å²) in [6, 6.07) is 0. The number of aliphatic hydroxyl groups excluding tert-OH is 1. The second-order valence-corrected chi connectivity index (χ2v) is 7.13. The van der Waals surface area contributed by atoms with Gasteiger partial charge in [-0.25, -0.2) is 0 Å². The highest BCUT2D eigenvalue weighted by Crippen LogP contribution is 2.34. The summed E-state index contributed by atoms with van der Waals surface area (Å²) in [6.45, 7) is 9.11. The van der Waals surface area contributed by atoms with Crippen LogP contribution in [0, 0.1) is 17.8 Å². The third-order valence-corrected chi connectivity index (χ3v) is 4.93. The van der Waals surface area contributed by atoms with Gasteiger partial charge in [-0.05, 0) is 32.2 Å². The lowest BCUT2D eigenvalue weighted by atomic mass is 9.81. The summed E-state index contributed by atoms with van der Waals surface area (Å²) in [4.78, 5) is 0. The number of methoxy groups -OCH3 is 1. The van der Waals surface area contributed by atoms with Crippen molar-refractivity contribution in [1.82, 2.24) is 0 Å². The highest BCUT2D eigenvalue weighted by Gasteiger charge is 2.46. The highest BCUT2D eigenvalue weighted by molar-refractivity contribution is 4.92. The van der Waals surface area contributed by atoms with Crippen LogP contribution in [0.25, 0.3) is 0 Å². The Kier molecular flexibility index (Phi) is 8.41. The third kappa shape index (κ3) is 5.37. The summed E-state index contributed by atoms with van der Waals surface area (Å²) in [5, 5.41) is 20.9. The molecule has 138 valence electrons. The Morgan fingerprint density at radius 3 is 2.52 bits per heavy atom. The molecule has 1 heterocycles. The van der Waals surface area contributed by atoms with Crippen LogP contribution in [0.4, 0.5) is 0 Å². The first-order chi connectivity index (χ1) is 10.8. The van der Waals surface area contributed by atoms with E-state index in [9.17, 15) is 10.2 Å². The van der Waals surface area contributed by atoms with Crippen molar-refractivity contribution in [3.8, 4) is 0 Å². The van der Waals surface area contributed by atoms with Gasteiger partial charge in [-0.1, -0.05) is 20.8 Å². The maximum Gasteiger partial charge on any atom is 0.184 e. The smallest absolute Gasteiger partial charge is 0.184 e. The van der Waals surface area contributed by atoms with Gasteiger partial charge in [0.1, 0.15) is 6.10 Å². The number of aliphatic hydroxyl groups is 2. The zero-order valence-electron chi connectivity index (χ0n) is 15.2. The van der Waals surface area contributed by atoms with Crippen LogP contribution in [-0.4, -0.2) is 61.2 Å². The molecule has 23 heavy (non-hydrogen) atoms. The van der Waals surface area contributed by atoms with E-state index in [0.29, 0.717) is 19.6 Å². The standard InChI is InChI=1S/C17H35NO5/c1-6-13-14(19)16(22-10-17(13,4)20)23-15(11(2)7-8-18)12(3)9-21-5/h11-16,19-20H,6-10,18H2,1-5H3/t11-,12+,13-,14-,15+,16-,17+/m1/s1. The molecule has 1 fully saturated rings. The van der Waals surface area contributed by atoms with Crippen LogP contribution in [0.15, 0.2) is 0 Å². The lowest BCUT2D eigenvalue weighted by Crippen LogP contribution is -2.57. The Balaban J connectivity index is 2.82. The quantitative estimate of drug-likeness (QED) is 0.586. The molecular formula is C17H35NO5. The Bertz CT molecular complexity index is 327. The minimum atomic E-state index is -1.04. The van der Waals surface area contributed by atoms with Crippen LogP contribution in [-0.2, 0) is 14.2 Å². The molecule has 0 radical (unpaired) electrons. The lowest BCUT2D eigenvalue weighted by molar-refractivity contribution is -0.301. The summed E-state index contributed by atoms with van der Waals surface area (Å²) in [5.41, 5.74) is 4.64. The number of hydrogen-bond acceptors (Lipinski definition) is 6. The predicted molar refractivity (Wildman–Crippen MR) is 88.9 cm³/mol. The van der Waals surface area contributed by atoms with Gasteiger partial charge < -0.3 is 30.2 Å². The third-order valence-electron chi connectivity index (χ3n) is 4.93. The molecule has 0 unspecified atom stereocenters. The molecule has 7 atom stereocenters. The molecule has 0 saturated carbocycles. The zero-order valence-corrected chi connectivity index (χ0v) is 15.2. The predicted octanol–water partition coefficient (Wildman–Crippen LogP) is 1.13. The fourth-order valence-corrected chi connectivity index (χ4v) is 3.58. The summed E-state index contributed by atoms with van der Waals surface area (Å²) in [6.07, 6.45) is -0.223. The number of hydrogen-bond donors (Lipinski definition) is 3. The summed E-state index contributed by atoms with van der Waals surface area (Å²) in [5.74, 6) is 0.104. The van der Waals surface area contributed by atoms with Crippen molar-refractivity contribution in [1.29, 1.82) is 0 Å². The molecule has 6 nitrogen and oxygen atoms in total. The minimum Gasteiger partial charge on any atom is -0.387 e. The Hall–Kier alpha value is -0.240. The molecule has 0 aromatic heterocycles. The van der Waals surface area contributed by atoms with E-state index in [2.05, 4.69) is 13.8 Å². The SMILES string of the molecule is CC[C@@H]1[C@@H](O)[C@@H](O[C@@H]([C@H](C)CCN)[C@@H](C)COC)OC[C@]1(C)O. The van der Waals surface area contributed by atoms with E-state index < -0.39 is 18.0 Å². The molecule has 1 aliphatic rings. The van der Waals surface area contributed by atoms with E-state index in [-0.39, 0.29) is 30.5 Å². The average molecular weight is 333 g/mol. The first-order valence-electron chi connectivity index (χ1n) is 8.64. The molecule has 1 rings (SSSR count). The Morgan fingerprint density at radius 2 is 2.00 bits per heavy atom. The van der Waals surface area contributed by atoms with Gasteiger partial charge >= 0.3 is 0 Å². The van der Waals surface area contributed by atoms with E-state index in [4.69, 9.17) is 19.9 Å². The van der Waals surface area contributed by atoms with Crippen molar-refractivity contribution < 1.29 is 24.4 Å². The van der Waals surface area contributed by atoms with Crippen molar-refractivity contribution in [3.05, 3.63) is 0 Å². The highest BCUT2D eigenvalue weighted by atomic mass is 16.7. The van der Waals surface area contributed by atoms with Crippen molar-refractivity contribution >= 4 is 0 Å². The van der Waals surface area contributed by atoms with E-state index in [0.717, 1.165) is 6.42 Å². The van der Waals surface area contributed by atoms with E-state index in [1.807, 2.05) is 6.92 Å². The molecule has 0 aromatic rings.